The Kier molecular flexibility index (Phi) is 9.80. The number of nitrogens with two attached hydrogens (primary N) is 1. The molecular weight excluding hydrogens is 617 g/mol. The molecule has 45 heavy (non-hydrogen) atoms. The van der Waals surface area contributed by atoms with Crippen molar-refractivity contribution >= 4 is 31.9 Å². The Morgan fingerprint density at radius 3 is 2.67 bits per heavy atom. The van der Waals surface area contributed by atoms with E-state index in [0.29, 0.717) is 0 Å². The van der Waals surface area contributed by atoms with Gasteiger partial charge in [-0.2, -0.15) is 10.1 Å². The van der Waals surface area contributed by atoms with Crippen LogP contribution in [0.3, 0.4) is 0 Å². The third-order valence-corrected chi connectivity index (χ3v) is 9.55. The molecule has 4 N–H and O–H groups in total. The van der Waals surface area contributed by atoms with Crippen molar-refractivity contribution in [3.63, 3.8) is 0 Å². The van der Waals surface area contributed by atoms with Crippen LogP contribution in [0.4, 0.5) is 8.78 Å². The van der Waals surface area contributed by atoms with E-state index >= 15 is 8.78 Å². The summed E-state index contributed by atoms with van der Waals surface area (Å²) in [6.45, 7) is 3.08. The third-order valence-electron chi connectivity index (χ3n) is 7.93. The number of para-hydroxylation sites is 1. The predicted molar refractivity (Wildman–Crippen MR) is 159 cm³/mol. The fraction of sp³-hybridized carbons (Fsp3) is 0.643. The fourth-order valence-electron chi connectivity index (χ4n) is 5.60. The molecule has 0 aromatic heterocycles. The summed E-state index contributed by atoms with van der Waals surface area (Å²) in [5.41, 5.74) is 3.08. The molecule has 0 bridgehead atoms. The molecule has 4 aliphatic rings. The zero-order chi connectivity index (χ0) is 32.4. The Morgan fingerprint density at radius 2 is 1.98 bits per heavy atom. The van der Waals surface area contributed by atoms with Crippen molar-refractivity contribution < 1.29 is 46.5 Å². The van der Waals surface area contributed by atoms with E-state index < -0.39 is 62.4 Å². The normalized spacial score (nSPS) is 33.5. The van der Waals surface area contributed by atoms with Gasteiger partial charge in [-0.3, -0.25) is 14.3 Å². The van der Waals surface area contributed by atoms with Crippen molar-refractivity contribution in [2.75, 3.05) is 13.2 Å². The molecule has 5 rings (SSSR count). The van der Waals surface area contributed by atoms with E-state index in [-0.39, 0.29) is 30.3 Å². The summed E-state index contributed by atoms with van der Waals surface area (Å²) in [5, 5.41) is 13.4. The van der Waals surface area contributed by atoms with Crippen molar-refractivity contribution in [3.8, 4) is 5.75 Å². The molecule has 3 heterocycles. The standard InChI is InChI=1S/C28H39F2N6O8P/c1-4-40-22-20-21(33-26(31)34-22)36(16-32-20)25-27(3,29)24(38)28(30,43-25)15-41-45(39,44-19-13-9-6-10-14-19)35-17(2)23(37)42-18-11-7-5-8-12-18/h6,9-10,13-14,16-18,20-21,24-25,38H,4-5,7-8,11-12,15H2,1-3H3,(H2,31,33)(H,35,39)/t17?,20?,21?,24-,25?,27+,28+,45?/m0/s1. The topological polar surface area (TPSA) is 179 Å². The maximum atomic E-state index is 16.4. The number of aliphatic hydroxyl groups excluding tert-OH is 1. The monoisotopic (exact) mass is 656 g/mol. The molecule has 17 heteroatoms. The van der Waals surface area contributed by atoms with Gasteiger partial charge in [0.25, 0.3) is 5.85 Å². The number of aliphatic hydroxyl groups is 1. The van der Waals surface area contributed by atoms with Gasteiger partial charge in [0.1, 0.15) is 24.5 Å². The second-order valence-electron chi connectivity index (χ2n) is 11.5. The van der Waals surface area contributed by atoms with E-state index in [1.165, 1.54) is 25.4 Å². The summed E-state index contributed by atoms with van der Waals surface area (Å²) in [4.78, 5) is 26.5. The van der Waals surface area contributed by atoms with Gasteiger partial charge in [0, 0.05) is 0 Å². The average Bonchev–Trinajstić information content (AvgIpc) is 3.50. The third kappa shape index (κ3) is 7.14. The highest BCUT2D eigenvalue weighted by molar-refractivity contribution is 7.52. The van der Waals surface area contributed by atoms with Crippen LogP contribution in [0.2, 0.25) is 0 Å². The lowest BCUT2D eigenvalue weighted by molar-refractivity contribution is -0.208. The first kappa shape index (κ1) is 33.2. The number of carbonyl (C=O) groups excluding carboxylic acids is 1. The number of fused-ring (bicyclic) bond motifs is 1. The Labute approximate surface area is 259 Å². The van der Waals surface area contributed by atoms with Crippen LogP contribution in [-0.4, -0.2) is 95.6 Å². The molecule has 14 nitrogen and oxygen atoms in total. The number of benzene rings is 1. The molecule has 0 radical (unpaired) electrons. The number of hydrogen-bond donors (Lipinski definition) is 3. The summed E-state index contributed by atoms with van der Waals surface area (Å²) in [6.07, 6.45) is 0.0868. The molecule has 0 spiro atoms. The van der Waals surface area contributed by atoms with E-state index in [2.05, 4.69) is 20.1 Å². The number of rotatable bonds is 11. The minimum absolute atomic E-state index is 0.0778. The number of esters is 1. The van der Waals surface area contributed by atoms with Crippen LogP contribution in [0.25, 0.3) is 0 Å². The summed E-state index contributed by atoms with van der Waals surface area (Å²) in [7, 11) is -4.58. The number of nitrogens with one attached hydrogen (secondary N) is 1. The molecule has 1 aromatic rings. The smallest absolute Gasteiger partial charge is 0.459 e. The number of alkyl halides is 2. The minimum atomic E-state index is -4.58. The molecule has 5 unspecified atom stereocenters. The Morgan fingerprint density at radius 1 is 1.27 bits per heavy atom. The number of guanidine groups is 1. The van der Waals surface area contributed by atoms with Gasteiger partial charge in [0.2, 0.25) is 11.9 Å². The first-order chi connectivity index (χ1) is 21.3. The molecule has 1 saturated heterocycles. The number of hydrogen-bond acceptors (Lipinski definition) is 13. The van der Waals surface area contributed by atoms with E-state index in [1.54, 1.807) is 25.1 Å². The second kappa shape index (κ2) is 13.3. The van der Waals surface area contributed by atoms with Gasteiger partial charge >= 0.3 is 13.7 Å². The quantitative estimate of drug-likeness (QED) is 0.236. The van der Waals surface area contributed by atoms with Crippen molar-refractivity contribution in [2.45, 2.75) is 101 Å². The Balaban J connectivity index is 1.31. The highest BCUT2D eigenvalue weighted by Crippen LogP contribution is 2.50. The number of carbonyl (C=O) groups is 1. The van der Waals surface area contributed by atoms with Crippen LogP contribution in [0.1, 0.15) is 52.9 Å². The van der Waals surface area contributed by atoms with Gasteiger partial charge in [0.15, 0.2) is 30.2 Å². The number of ether oxygens (including phenoxy) is 3. The van der Waals surface area contributed by atoms with Gasteiger partial charge in [-0.1, -0.05) is 24.6 Å². The zero-order valence-electron chi connectivity index (χ0n) is 25.3. The van der Waals surface area contributed by atoms with Gasteiger partial charge in [-0.15, -0.1) is 0 Å². The number of nitrogens with zero attached hydrogens (tertiary/aromatic N) is 4. The lowest BCUT2D eigenvalue weighted by atomic mass is 9.96. The summed E-state index contributed by atoms with van der Waals surface area (Å²) in [5.74, 6) is -3.87. The Bertz CT molecular complexity index is 1360. The molecule has 1 saturated carbocycles. The lowest BCUT2D eigenvalue weighted by Gasteiger charge is -2.35. The van der Waals surface area contributed by atoms with E-state index in [1.807, 2.05) is 0 Å². The van der Waals surface area contributed by atoms with Gasteiger partial charge in [0.05, 0.1) is 12.9 Å². The SMILES string of the molecule is CCOC1=NC(N)=NC2C1N=CN2C1O[C@](F)(COP(=O)(NC(C)C(=O)OC2CCCCC2)Oc2ccccc2)[C@@H](O)[C@@]1(C)F. The fourth-order valence-corrected chi connectivity index (χ4v) is 7.11. The van der Waals surface area contributed by atoms with Crippen molar-refractivity contribution in [1.29, 1.82) is 0 Å². The summed E-state index contributed by atoms with van der Waals surface area (Å²) in [6, 6.07) is 5.85. The average molecular weight is 657 g/mol. The lowest BCUT2D eigenvalue weighted by Crippen LogP contribution is -2.55. The van der Waals surface area contributed by atoms with Crippen LogP contribution in [0, 0.1) is 0 Å². The van der Waals surface area contributed by atoms with Crippen LogP contribution < -0.4 is 15.3 Å². The van der Waals surface area contributed by atoms with Crippen molar-refractivity contribution in [1.82, 2.24) is 9.99 Å². The van der Waals surface area contributed by atoms with Gasteiger partial charge in [-0.05, 0) is 58.6 Å². The first-order valence-electron chi connectivity index (χ1n) is 14.9. The van der Waals surface area contributed by atoms with Gasteiger partial charge < -0.3 is 34.5 Å². The maximum Gasteiger partial charge on any atom is 0.459 e. The molecule has 3 aliphatic heterocycles. The minimum Gasteiger partial charge on any atom is -0.479 e. The molecule has 1 aromatic carbocycles. The first-order valence-corrected chi connectivity index (χ1v) is 16.5. The zero-order valence-corrected chi connectivity index (χ0v) is 26.1. The van der Waals surface area contributed by atoms with E-state index in [9.17, 15) is 14.5 Å². The Hall–Kier alpha value is -3.17. The molecular formula is C28H39F2N6O8P. The number of halogens is 2. The van der Waals surface area contributed by atoms with Crippen molar-refractivity contribution in [2.24, 2.45) is 20.7 Å². The molecule has 8 atom stereocenters. The second-order valence-corrected chi connectivity index (χ2v) is 13.2. The van der Waals surface area contributed by atoms with Crippen LogP contribution in [0.15, 0.2) is 45.3 Å². The van der Waals surface area contributed by atoms with Gasteiger partial charge in [-0.25, -0.2) is 18.3 Å². The molecule has 0 amide bonds. The molecule has 2 fully saturated rings. The van der Waals surface area contributed by atoms with Crippen LogP contribution >= 0.6 is 7.75 Å². The highest BCUT2D eigenvalue weighted by Gasteiger charge is 2.67. The highest BCUT2D eigenvalue weighted by atomic mass is 31.2. The molecule has 1 aliphatic carbocycles. The number of aliphatic imine (C=N–C) groups is 3. The summed E-state index contributed by atoms with van der Waals surface area (Å²) >= 11 is 0. The van der Waals surface area contributed by atoms with Crippen molar-refractivity contribution in [3.05, 3.63) is 30.3 Å². The van der Waals surface area contributed by atoms with E-state index in [4.69, 9.17) is 29.0 Å². The van der Waals surface area contributed by atoms with E-state index in [0.717, 1.165) is 43.9 Å². The van der Waals surface area contributed by atoms with Crippen LogP contribution in [0.5, 0.6) is 5.75 Å². The largest absolute Gasteiger partial charge is 0.479 e. The van der Waals surface area contributed by atoms with Crippen LogP contribution in [-0.2, 0) is 28.1 Å². The predicted octanol–water partition coefficient (Wildman–Crippen LogP) is 2.96. The molecule has 248 valence electrons. The summed E-state index contributed by atoms with van der Waals surface area (Å²) < 4.78 is 74.0. The maximum absolute atomic E-state index is 16.4.